The van der Waals surface area contributed by atoms with Crippen LogP contribution in [0.5, 0.6) is 0 Å². The van der Waals surface area contributed by atoms with Gasteiger partial charge in [0.15, 0.2) is 0 Å². The van der Waals surface area contributed by atoms with Crippen molar-refractivity contribution in [2.24, 2.45) is 0 Å². The molecule has 0 saturated carbocycles. The Hall–Kier alpha value is -1.30. The van der Waals surface area contributed by atoms with Crippen molar-refractivity contribution in [3.63, 3.8) is 0 Å². The van der Waals surface area contributed by atoms with Crippen molar-refractivity contribution in [2.45, 2.75) is 12.8 Å². The lowest BCUT2D eigenvalue weighted by Gasteiger charge is -2.02. The summed E-state index contributed by atoms with van der Waals surface area (Å²) in [6, 6.07) is 8.09. The molecule has 0 heterocycles. The molecule has 1 aromatic carbocycles. The van der Waals surface area contributed by atoms with E-state index in [2.05, 4.69) is 23.2 Å². The molecule has 0 bridgehead atoms. The largest absolute Gasteiger partial charge is 0.396 e. The van der Waals surface area contributed by atoms with Gasteiger partial charge in [0.2, 0.25) is 0 Å². The average molecular weight is 203 g/mol. The first-order valence-electron chi connectivity index (χ1n) is 5.20. The second kappa shape index (κ2) is 7.05. The summed E-state index contributed by atoms with van der Waals surface area (Å²) in [5.74, 6) is 6.17. The number of benzene rings is 1. The van der Waals surface area contributed by atoms with Crippen LogP contribution in [0.1, 0.15) is 17.5 Å². The van der Waals surface area contributed by atoms with Gasteiger partial charge in [0.05, 0.1) is 6.54 Å². The van der Waals surface area contributed by atoms with Gasteiger partial charge in [0, 0.05) is 12.2 Å². The van der Waals surface area contributed by atoms with Crippen molar-refractivity contribution in [1.82, 2.24) is 5.32 Å². The topological polar surface area (TPSA) is 32.3 Å². The lowest BCUT2D eigenvalue weighted by atomic mass is 10.0. The Kier molecular flexibility index (Phi) is 5.54. The Morgan fingerprint density at radius 3 is 2.87 bits per heavy atom. The van der Waals surface area contributed by atoms with Crippen LogP contribution in [-0.4, -0.2) is 25.3 Å². The molecule has 0 saturated heterocycles. The molecule has 0 fully saturated rings. The normalized spacial score (nSPS) is 9.47. The maximum absolute atomic E-state index is 8.79. The molecule has 80 valence electrons. The molecule has 0 amide bonds. The molecule has 2 N–H and O–H groups in total. The number of aliphatic hydroxyl groups is 1. The Balaban J connectivity index is 2.73. The fraction of sp³-hybridized carbons (Fsp3) is 0.385. The van der Waals surface area contributed by atoms with Crippen molar-refractivity contribution in [2.75, 3.05) is 20.2 Å². The fourth-order valence-electron chi connectivity index (χ4n) is 1.36. The van der Waals surface area contributed by atoms with Crippen LogP contribution >= 0.6 is 0 Å². The van der Waals surface area contributed by atoms with Crippen molar-refractivity contribution in [3.05, 3.63) is 35.4 Å². The van der Waals surface area contributed by atoms with Crippen LogP contribution in [0.3, 0.4) is 0 Å². The predicted molar refractivity (Wildman–Crippen MR) is 62.7 cm³/mol. The molecule has 0 aliphatic carbocycles. The van der Waals surface area contributed by atoms with Crippen LogP contribution in [0.25, 0.3) is 0 Å². The molecule has 0 atom stereocenters. The Morgan fingerprint density at radius 2 is 2.13 bits per heavy atom. The minimum absolute atomic E-state index is 0.234. The van der Waals surface area contributed by atoms with E-state index in [1.807, 2.05) is 25.2 Å². The highest BCUT2D eigenvalue weighted by Crippen LogP contribution is 2.09. The highest BCUT2D eigenvalue weighted by Gasteiger charge is 1.97. The second-order valence-corrected chi connectivity index (χ2v) is 3.32. The van der Waals surface area contributed by atoms with Gasteiger partial charge in [-0.2, -0.15) is 0 Å². The SMILES string of the molecule is CNCC#Cc1ccccc1CCCO. The van der Waals surface area contributed by atoms with E-state index in [9.17, 15) is 0 Å². The molecular formula is C13H17NO. The summed E-state index contributed by atoms with van der Waals surface area (Å²) in [5.41, 5.74) is 2.29. The van der Waals surface area contributed by atoms with Crippen molar-refractivity contribution < 1.29 is 5.11 Å². The second-order valence-electron chi connectivity index (χ2n) is 3.32. The van der Waals surface area contributed by atoms with Crippen LogP contribution in [0, 0.1) is 11.8 Å². The van der Waals surface area contributed by atoms with Crippen LogP contribution in [0.15, 0.2) is 24.3 Å². The molecule has 1 rings (SSSR count). The number of hydrogen-bond acceptors (Lipinski definition) is 2. The Morgan fingerprint density at radius 1 is 1.33 bits per heavy atom. The molecule has 0 spiro atoms. The van der Waals surface area contributed by atoms with Gasteiger partial charge in [-0.25, -0.2) is 0 Å². The van der Waals surface area contributed by atoms with Gasteiger partial charge in [-0.05, 0) is 31.5 Å². The van der Waals surface area contributed by atoms with E-state index in [4.69, 9.17) is 5.11 Å². The molecule has 2 heteroatoms. The maximum atomic E-state index is 8.79. The Bertz CT molecular complexity index is 349. The third-order valence-electron chi connectivity index (χ3n) is 2.11. The number of nitrogens with one attached hydrogen (secondary N) is 1. The van der Waals surface area contributed by atoms with E-state index in [1.165, 1.54) is 5.56 Å². The van der Waals surface area contributed by atoms with Gasteiger partial charge >= 0.3 is 0 Å². The highest BCUT2D eigenvalue weighted by molar-refractivity contribution is 5.41. The standard InChI is InChI=1S/C13H17NO/c1-14-10-4-8-12-6-2-3-7-13(12)9-5-11-15/h2-3,6-7,14-15H,5,9-11H2,1H3. The molecule has 0 unspecified atom stereocenters. The van der Waals surface area contributed by atoms with Gasteiger partial charge in [-0.1, -0.05) is 30.0 Å². The molecular weight excluding hydrogens is 186 g/mol. The summed E-state index contributed by atoms with van der Waals surface area (Å²) in [6.07, 6.45) is 1.69. The monoisotopic (exact) mass is 203 g/mol. The number of hydrogen-bond donors (Lipinski definition) is 2. The minimum atomic E-state index is 0.234. The molecule has 0 aliphatic rings. The van der Waals surface area contributed by atoms with E-state index in [-0.39, 0.29) is 6.61 Å². The molecule has 2 nitrogen and oxygen atoms in total. The van der Waals surface area contributed by atoms with Gasteiger partial charge in [-0.3, -0.25) is 0 Å². The van der Waals surface area contributed by atoms with Crippen LogP contribution in [-0.2, 0) is 6.42 Å². The van der Waals surface area contributed by atoms with Crippen LogP contribution in [0.4, 0.5) is 0 Å². The van der Waals surface area contributed by atoms with E-state index in [0.29, 0.717) is 6.54 Å². The first-order valence-corrected chi connectivity index (χ1v) is 5.20. The summed E-state index contributed by atoms with van der Waals surface area (Å²) in [4.78, 5) is 0. The van der Waals surface area contributed by atoms with Crippen molar-refractivity contribution >= 4 is 0 Å². The van der Waals surface area contributed by atoms with Crippen LogP contribution in [0.2, 0.25) is 0 Å². The van der Waals surface area contributed by atoms with E-state index in [0.717, 1.165) is 18.4 Å². The summed E-state index contributed by atoms with van der Waals surface area (Å²) in [6.45, 7) is 0.937. The third-order valence-corrected chi connectivity index (χ3v) is 2.11. The summed E-state index contributed by atoms with van der Waals surface area (Å²) < 4.78 is 0. The lowest BCUT2D eigenvalue weighted by molar-refractivity contribution is 0.288. The van der Waals surface area contributed by atoms with Crippen molar-refractivity contribution in [3.8, 4) is 11.8 Å². The van der Waals surface area contributed by atoms with E-state index >= 15 is 0 Å². The number of rotatable bonds is 4. The smallest absolute Gasteiger partial charge is 0.0577 e. The van der Waals surface area contributed by atoms with E-state index in [1.54, 1.807) is 0 Å². The fourth-order valence-corrected chi connectivity index (χ4v) is 1.36. The van der Waals surface area contributed by atoms with Gasteiger partial charge in [0.25, 0.3) is 0 Å². The van der Waals surface area contributed by atoms with Crippen molar-refractivity contribution in [1.29, 1.82) is 0 Å². The number of aryl methyl sites for hydroxylation is 1. The first-order chi connectivity index (χ1) is 7.38. The predicted octanol–water partition coefficient (Wildman–Crippen LogP) is 1.18. The first kappa shape index (κ1) is 11.8. The maximum Gasteiger partial charge on any atom is 0.0577 e. The summed E-state index contributed by atoms with van der Waals surface area (Å²) >= 11 is 0. The Labute approximate surface area is 91.3 Å². The molecule has 15 heavy (non-hydrogen) atoms. The average Bonchev–Trinajstić information content (AvgIpc) is 2.28. The molecule has 0 aromatic heterocycles. The third kappa shape index (κ3) is 4.16. The lowest BCUT2D eigenvalue weighted by Crippen LogP contribution is -2.04. The zero-order valence-electron chi connectivity index (χ0n) is 9.09. The summed E-state index contributed by atoms with van der Waals surface area (Å²) in [5, 5.41) is 11.8. The van der Waals surface area contributed by atoms with Gasteiger partial charge in [0.1, 0.15) is 0 Å². The van der Waals surface area contributed by atoms with E-state index < -0.39 is 0 Å². The minimum Gasteiger partial charge on any atom is -0.396 e. The zero-order chi connectivity index (χ0) is 10.9. The van der Waals surface area contributed by atoms with Crippen LogP contribution < -0.4 is 5.32 Å². The molecule has 1 aromatic rings. The van der Waals surface area contributed by atoms with Gasteiger partial charge < -0.3 is 10.4 Å². The molecule has 0 radical (unpaired) electrons. The summed E-state index contributed by atoms with van der Waals surface area (Å²) in [7, 11) is 1.88. The quantitative estimate of drug-likeness (QED) is 0.720. The zero-order valence-corrected chi connectivity index (χ0v) is 9.09. The highest BCUT2D eigenvalue weighted by atomic mass is 16.2. The molecule has 0 aliphatic heterocycles. The number of aliphatic hydroxyl groups excluding tert-OH is 1. The van der Waals surface area contributed by atoms with Gasteiger partial charge in [-0.15, -0.1) is 0 Å².